The van der Waals surface area contributed by atoms with Gasteiger partial charge in [0.25, 0.3) is 0 Å². The van der Waals surface area contributed by atoms with Gasteiger partial charge in [0.1, 0.15) is 0 Å². The van der Waals surface area contributed by atoms with Gasteiger partial charge in [-0.3, -0.25) is 4.79 Å². The lowest BCUT2D eigenvalue weighted by atomic mass is 10.0. The Bertz CT molecular complexity index is 518. The fourth-order valence-corrected chi connectivity index (χ4v) is 3.80. The molecule has 1 aromatic rings. The van der Waals surface area contributed by atoms with E-state index < -0.39 is 0 Å². The van der Waals surface area contributed by atoms with Crippen LogP contribution in [0, 0.1) is 5.92 Å². The molecule has 1 aromatic carbocycles. The van der Waals surface area contributed by atoms with Crippen LogP contribution in [0.1, 0.15) is 37.7 Å². The van der Waals surface area contributed by atoms with Crippen molar-refractivity contribution in [3.8, 4) is 0 Å². The Morgan fingerprint density at radius 1 is 1.27 bits per heavy atom. The number of anilines is 1. The summed E-state index contributed by atoms with van der Waals surface area (Å²) in [7, 11) is 0. The number of benzene rings is 1. The van der Waals surface area contributed by atoms with Crippen molar-refractivity contribution < 1.29 is 9.90 Å². The van der Waals surface area contributed by atoms with Gasteiger partial charge in [-0.2, -0.15) is 0 Å². The van der Waals surface area contributed by atoms with E-state index in [1.165, 1.54) is 11.3 Å². The third-order valence-electron chi connectivity index (χ3n) is 5.06. The number of para-hydroxylation sites is 1. The number of nitrogens with one attached hydrogen (secondary N) is 1. The van der Waals surface area contributed by atoms with Crippen molar-refractivity contribution in [2.45, 2.75) is 44.6 Å². The Hall–Kier alpha value is -1.55. The highest BCUT2D eigenvalue weighted by atomic mass is 16.3. The van der Waals surface area contributed by atoms with Crippen LogP contribution in [0.25, 0.3) is 0 Å². The molecule has 2 aliphatic rings. The fraction of sp³-hybridized carbons (Fsp3) is 0.611. The van der Waals surface area contributed by atoms with Crippen LogP contribution < -0.4 is 10.2 Å². The predicted octanol–water partition coefficient (Wildman–Crippen LogP) is 2.11. The molecule has 0 unspecified atom stereocenters. The number of aliphatic hydroxyl groups is 1. The molecule has 0 aromatic heterocycles. The predicted molar refractivity (Wildman–Crippen MR) is 88.0 cm³/mol. The van der Waals surface area contributed by atoms with Gasteiger partial charge in [-0.1, -0.05) is 24.6 Å². The number of hydrogen-bond donors (Lipinski definition) is 2. The van der Waals surface area contributed by atoms with E-state index >= 15 is 0 Å². The van der Waals surface area contributed by atoms with E-state index in [2.05, 4.69) is 34.5 Å². The summed E-state index contributed by atoms with van der Waals surface area (Å²) in [6.07, 6.45) is 5.97. The number of carbonyl (C=O) groups excluding carboxylic acids is 1. The summed E-state index contributed by atoms with van der Waals surface area (Å²) in [4.78, 5) is 14.5. The van der Waals surface area contributed by atoms with Gasteiger partial charge in [0.2, 0.25) is 5.91 Å². The Morgan fingerprint density at radius 2 is 2.14 bits per heavy atom. The van der Waals surface area contributed by atoms with Crippen LogP contribution in [0.4, 0.5) is 5.69 Å². The van der Waals surface area contributed by atoms with Crippen LogP contribution >= 0.6 is 0 Å². The zero-order chi connectivity index (χ0) is 15.4. The fourth-order valence-electron chi connectivity index (χ4n) is 3.80. The van der Waals surface area contributed by atoms with E-state index in [-0.39, 0.29) is 24.5 Å². The molecule has 1 aliphatic heterocycles. The number of hydrogen-bond acceptors (Lipinski definition) is 3. The number of amides is 1. The summed E-state index contributed by atoms with van der Waals surface area (Å²) in [5.74, 6) is 0.369. The van der Waals surface area contributed by atoms with Crippen molar-refractivity contribution in [1.29, 1.82) is 0 Å². The van der Waals surface area contributed by atoms with E-state index in [4.69, 9.17) is 0 Å². The summed E-state index contributed by atoms with van der Waals surface area (Å²) < 4.78 is 0. The molecule has 2 atom stereocenters. The molecule has 2 N–H and O–H groups in total. The summed E-state index contributed by atoms with van der Waals surface area (Å²) in [5.41, 5.74) is 2.68. The summed E-state index contributed by atoms with van der Waals surface area (Å²) in [6.45, 7) is 2.00. The summed E-state index contributed by atoms with van der Waals surface area (Å²) in [6, 6.07) is 8.68. The molecular formula is C18H26N2O2. The van der Waals surface area contributed by atoms with Crippen LogP contribution in [0.2, 0.25) is 0 Å². The highest BCUT2D eigenvalue weighted by Crippen LogP contribution is 2.27. The second kappa shape index (κ2) is 7.14. The maximum atomic E-state index is 12.2. The van der Waals surface area contributed by atoms with Crippen LogP contribution in [0.5, 0.6) is 0 Å². The minimum atomic E-state index is 0.119. The Morgan fingerprint density at radius 3 is 3.00 bits per heavy atom. The van der Waals surface area contributed by atoms with E-state index in [0.29, 0.717) is 6.42 Å². The highest BCUT2D eigenvalue weighted by molar-refractivity contribution is 5.77. The number of rotatable bonds is 5. The molecule has 22 heavy (non-hydrogen) atoms. The number of nitrogens with zero attached hydrogens (tertiary/aromatic N) is 1. The maximum absolute atomic E-state index is 12.2. The van der Waals surface area contributed by atoms with Gasteiger partial charge in [-0.05, 0) is 37.3 Å². The number of carbonyl (C=O) groups is 1. The maximum Gasteiger partial charge on any atom is 0.222 e. The molecule has 1 heterocycles. The molecule has 1 aliphatic carbocycles. The van der Waals surface area contributed by atoms with Crippen molar-refractivity contribution in [3.63, 3.8) is 0 Å². The first-order valence-corrected chi connectivity index (χ1v) is 8.51. The van der Waals surface area contributed by atoms with Crippen LogP contribution in [-0.2, 0) is 11.2 Å². The first kappa shape index (κ1) is 15.3. The number of aryl methyl sites for hydroxylation is 1. The first-order chi connectivity index (χ1) is 10.8. The van der Waals surface area contributed by atoms with Crippen molar-refractivity contribution in [2.75, 3.05) is 24.6 Å². The van der Waals surface area contributed by atoms with Gasteiger partial charge in [-0.15, -0.1) is 0 Å². The lowest BCUT2D eigenvalue weighted by molar-refractivity contribution is -0.121. The van der Waals surface area contributed by atoms with E-state index in [0.717, 1.165) is 45.2 Å². The highest BCUT2D eigenvalue weighted by Gasteiger charge is 2.28. The van der Waals surface area contributed by atoms with Gasteiger partial charge >= 0.3 is 0 Å². The van der Waals surface area contributed by atoms with Gasteiger partial charge < -0.3 is 15.3 Å². The summed E-state index contributed by atoms with van der Waals surface area (Å²) in [5, 5.41) is 12.5. The summed E-state index contributed by atoms with van der Waals surface area (Å²) >= 11 is 0. The van der Waals surface area contributed by atoms with Gasteiger partial charge in [0.05, 0.1) is 0 Å². The second-order valence-electron chi connectivity index (χ2n) is 6.52. The van der Waals surface area contributed by atoms with Crippen LogP contribution in [0.3, 0.4) is 0 Å². The number of aliphatic hydroxyl groups excluding tert-OH is 1. The average molecular weight is 302 g/mol. The van der Waals surface area contributed by atoms with Crippen LogP contribution in [0.15, 0.2) is 24.3 Å². The Balaban J connectivity index is 1.52. The van der Waals surface area contributed by atoms with Crippen LogP contribution in [-0.4, -0.2) is 36.8 Å². The topological polar surface area (TPSA) is 52.6 Å². The molecule has 120 valence electrons. The van der Waals surface area contributed by atoms with Crippen molar-refractivity contribution in [2.24, 2.45) is 5.92 Å². The lowest BCUT2D eigenvalue weighted by Gasteiger charge is -2.31. The normalized spacial score (nSPS) is 24.1. The van der Waals surface area contributed by atoms with E-state index in [9.17, 15) is 9.90 Å². The molecule has 1 fully saturated rings. The standard InChI is InChI=1S/C18H26N2O2/c21-13-15-6-3-8-16(15)19-18(22)10-12-20-11-4-7-14-5-1-2-9-17(14)20/h1-2,5,9,15-16,21H,3-4,6-8,10-13H2,(H,19,22)/t15-,16+/m0/s1. The van der Waals surface area contributed by atoms with Crippen molar-refractivity contribution in [3.05, 3.63) is 29.8 Å². The molecule has 3 rings (SSSR count). The largest absolute Gasteiger partial charge is 0.396 e. The quantitative estimate of drug-likeness (QED) is 0.876. The molecule has 0 bridgehead atoms. The zero-order valence-electron chi connectivity index (χ0n) is 13.1. The first-order valence-electron chi connectivity index (χ1n) is 8.51. The second-order valence-corrected chi connectivity index (χ2v) is 6.52. The minimum Gasteiger partial charge on any atom is -0.396 e. The van der Waals surface area contributed by atoms with Gasteiger partial charge in [0, 0.05) is 43.8 Å². The van der Waals surface area contributed by atoms with Gasteiger partial charge in [-0.25, -0.2) is 0 Å². The third kappa shape index (κ3) is 3.43. The van der Waals surface area contributed by atoms with E-state index in [1.807, 2.05) is 0 Å². The zero-order valence-corrected chi connectivity index (χ0v) is 13.1. The molecule has 4 nitrogen and oxygen atoms in total. The molecule has 4 heteroatoms. The number of fused-ring (bicyclic) bond motifs is 1. The van der Waals surface area contributed by atoms with Crippen molar-refractivity contribution in [1.82, 2.24) is 5.32 Å². The lowest BCUT2D eigenvalue weighted by Crippen LogP contribution is -2.40. The third-order valence-corrected chi connectivity index (χ3v) is 5.06. The molecule has 1 amide bonds. The average Bonchev–Trinajstić information content (AvgIpc) is 3.00. The Labute approximate surface area is 132 Å². The minimum absolute atomic E-state index is 0.119. The molecule has 1 saturated carbocycles. The monoisotopic (exact) mass is 302 g/mol. The van der Waals surface area contributed by atoms with Gasteiger partial charge in [0.15, 0.2) is 0 Å². The SMILES string of the molecule is O=C(CCN1CCCc2ccccc21)N[C@@H]1CCC[C@H]1CO. The molecular weight excluding hydrogens is 276 g/mol. The smallest absolute Gasteiger partial charge is 0.222 e. The molecule has 0 saturated heterocycles. The molecule has 0 spiro atoms. The Kier molecular flexibility index (Phi) is 4.98. The van der Waals surface area contributed by atoms with Crippen molar-refractivity contribution >= 4 is 11.6 Å². The molecule has 0 radical (unpaired) electrons. The van der Waals surface area contributed by atoms with E-state index in [1.54, 1.807) is 0 Å².